The Bertz CT molecular complexity index is 365. The summed E-state index contributed by atoms with van der Waals surface area (Å²) in [6.07, 6.45) is -2.08. The maximum Gasteiger partial charge on any atom is 0.141 e. The lowest BCUT2D eigenvalue weighted by molar-refractivity contribution is -0.108. The number of rotatable bonds is 1. The molecule has 0 unspecified atom stereocenters. The van der Waals surface area contributed by atoms with E-state index >= 15 is 0 Å². The van der Waals surface area contributed by atoms with Gasteiger partial charge in [-0.2, -0.15) is 0 Å². The Morgan fingerprint density at radius 2 is 2.00 bits per heavy atom. The van der Waals surface area contributed by atoms with Gasteiger partial charge in [0.1, 0.15) is 24.1 Å². The predicted molar refractivity (Wildman–Crippen MR) is 50.1 cm³/mol. The van der Waals surface area contributed by atoms with E-state index in [4.69, 9.17) is 5.11 Å². The lowest BCUT2D eigenvalue weighted by atomic mass is 9.96. The SMILES string of the molecule is Cc1cn2c(n1)[C@H](O)[C@@H](O)[C@H](O)[C@H]2CO. The van der Waals surface area contributed by atoms with Gasteiger partial charge in [-0.05, 0) is 6.92 Å². The van der Waals surface area contributed by atoms with Gasteiger partial charge in [-0.1, -0.05) is 0 Å². The average Bonchev–Trinajstić information content (AvgIpc) is 2.58. The maximum absolute atomic E-state index is 9.65. The zero-order valence-electron chi connectivity index (χ0n) is 8.28. The molecular formula is C9H14N2O4. The molecule has 6 heteroatoms. The fraction of sp³-hybridized carbons (Fsp3) is 0.667. The minimum absolute atomic E-state index is 0.282. The second-order valence-electron chi connectivity index (χ2n) is 3.82. The second-order valence-corrected chi connectivity index (χ2v) is 3.82. The van der Waals surface area contributed by atoms with Crippen molar-refractivity contribution in [1.82, 2.24) is 9.55 Å². The molecule has 1 aromatic heterocycles. The monoisotopic (exact) mass is 214 g/mol. The van der Waals surface area contributed by atoms with Gasteiger partial charge in [-0.3, -0.25) is 0 Å². The van der Waals surface area contributed by atoms with Crippen LogP contribution in [0.5, 0.6) is 0 Å². The van der Waals surface area contributed by atoms with Crippen LogP contribution in [-0.2, 0) is 0 Å². The van der Waals surface area contributed by atoms with Crippen LogP contribution >= 0.6 is 0 Å². The van der Waals surface area contributed by atoms with Gasteiger partial charge in [0.05, 0.1) is 18.3 Å². The molecule has 0 saturated carbocycles. The molecule has 0 bridgehead atoms. The fourth-order valence-electron chi connectivity index (χ4n) is 1.95. The fourth-order valence-corrected chi connectivity index (χ4v) is 1.95. The predicted octanol–water partition coefficient (Wildman–Crippen LogP) is -1.51. The van der Waals surface area contributed by atoms with E-state index in [2.05, 4.69) is 4.98 Å². The first-order valence-corrected chi connectivity index (χ1v) is 4.76. The molecule has 84 valence electrons. The molecule has 0 aliphatic carbocycles. The molecular weight excluding hydrogens is 200 g/mol. The summed E-state index contributed by atoms with van der Waals surface area (Å²) in [5.74, 6) is 0.282. The average molecular weight is 214 g/mol. The molecule has 1 aliphatic heterocycles. The number of hydrogen-bond donors (Lipinski definition) is 4. The number of nitrogens with zero attached hydrogens (tertiary/aromatic N) is 2. The van der Waals surface area contributed by atoms with Gasteiger partial charge in [-0.25, -0.2) is 4.98 Å². The molecule has 4 atom stereocenters. The molecule has 1 aromatic rings. The molecule has 2 heterocycles. The second kappa shape index (κ2) is 3.57. The third-order valence-electron chi connectivity index (χ3n) is 2.76. The minimum atomic E-state index is -1.31. The number of fused-ring (bicyclic) bond motifs is 1. The molecule has 0 amide bonds. The van der Waals surface area contributed by atoms with Crippen LogP contribution in [0.4, 0.5) is 0 Å². The minimum Gasteiger partial charge on any atom is -0.394 e. The summed E-state index contributed by atoms with van der Waals surface area (Å²) < 4.78 is 1.51. The summed E-state index contributed by atoms with van der Waals surface area (Å²) in [5.41, 5.74) is 0.670. The Kier molecular flexibility index (Phi) is 2.51. The van der Waals surface area contributed by atoms with Gasteiger partial charge < -0.3 is 25.0 Å². The summed E-state index contributed by atoms with van der Waals surface area (Å²) in [4.78, 5) is 4.05. The molecule has 6 nitrogen and oxygen atoms in total. The topological polar surface area (TPSA) is 98.7 Å². The Balaban J connectivity index is 2.49. The van der Waals surface area contributed by atoms with Crippen LogP contribution in [0, 0.1) is 6.92 Å². The Morgan fingerprint density at radius 3 is 2.60 bits per heavy atom. The third kappa shape index (κ3) is 1.46. The molecule has 2 rings (SSSR count). The van der Waals surface area contributed by atoms with Crippen LogP contribution in [0.3, 0.4) is 0 Å². The zero-order valence-corrected chi connectivity index (χ0v) is 8.28. The standard InChI is InChI=1S/C9H14N2O4/c1-4-2-11-5(3-12)6(13)7(14)8(15)9(11)10-4/h2,5-8,12-15H,3H2,1H3/t5-,6-,7+,8-/m1/s1. The number of aryl methyl sites for hydroxylation is 1. The molecule has 0 radical (unpaired) electrons. The molecule has 0 aromatic carbocycles. The van der Waals surface area contributed by atoms with Crippen molar-refractivity contribution in [1.29, 1.82) is 0 Å². The number of imidazole rings is 1. The summed E-state index contributed by atoms with van der Waals surface area (Å²) >= 11 is 0. The van der Waals surface area contributed by atoms with Crippen LogP contribution in [0.25, 0.3) is 0 Å². The van der Waals surface area contributed by atoms with Gasteiger partial charge in [-0.15, -0.1) is 0 Å². The van der Waals surface area contributed by atoms with Gasteiger partial charge in [0.25, 0.3) is 0 Å². The van der Waals surface area contributed by atoms with Gasteiger partial charge in [0.15, 0.2) is 0 Å². The quantitative estimate of drug-likeness (QED) is 0.456. The largest absolute Gasteiger partial charge is 0.394 e. The van der Waals surface area contributed by atoms with Crippen molar-refractivity contribution in [3.63, 3.8) is 0 Å². The first-order valence-electron chi connectivity index (χ1n) is 4.76. The lowest BCUT2D eigenvalue weighted by Gasteiger charge is -2.35. The molecule has 4 N–H and O–H groups in total. The van der Waals surface area contributed by atoms with E-state index in [1.165, 1.54) is 4.57 Å². The molecule has 15 heavy (non-hydrogen) atoms. The molecule has 0 spiro atoms. The van der Waals surface area contributed by atoms with Crippen molar-refractivity contribution in [2.24, 2.45) is 0 Å². The van der Waals surface area contributed by atoms with Gasteiger partial charge in [0.2, 0.25) is 0 Å². The van der Waals surface area contributed by atoms with Crippen LogP contribution in [0.2, 0.25) is 0 Å². The molecule has 0 fully saturated rings. The smallest absolute Gasteiger partial charge is 0.141 e. The van der Waals surface area contributed by atoms with Crippen LogP contribution in [0.1, 0.15) is 23.7 Å². The van der Waals surface area contributed by atoms with Gasteiger partial charge in [0, 0.05) is 6.20 Å². The normalized spacial score (nSPS) is 35.3. The van der Waals surface area contributed by atoms with Crippen molar-refractivity contribution in [2.75, 3.05) is 6.61 Å². The highest BCUT2D eigenvalue weighted by molar-refractivity contribution is 5.13. The van der Waals surface area contributed by atoms with E-state index in [1.807, 2.05) is 0 Å². The maximum atomic E-state index is 9.65. The highest BCUT2D eigenvalue weighted by Gasteiger charge is 2.41. The van der Waals surface area contributed by atoms with Crippen LogP contribution in [0.15, 0.2) is 6.20 Å². The third-order valence-corrected chi connectivity index (χ3v) is 2.76. The van der Waals surface area contributed by atoms with Crippen LogP contribution < -0.4 is 0 Å². The van der Waals surface area contributed by atoms with E-state index in [-0.39, 0.29) is 12.4 Å². The Hall–Kier alpha value is -0.950. The summed E-state index contributed by atoms with van der Waals surface area (Å²) in [6.45, 7) is 1.43. The Labute approximate surface area is 86.4 Å². The first kappa shape index (κ1) is 10.6. The lowest BCUT2D eigenvalue weighted by Crippen LogP contribution is -2.46. The van der Waals surface area contributed by atoms with E-state index in [1.54, 1.807) is 13.1 Å². The van der Waals surface area contributed by atoms with Crippen molar-refractivity contribution in [2.45, 2.75) is 31.3 Å². The van der Waals surface area contributed by atoms with Crippen molar-refractivity contribution in [3.8, 4) is 0 Å². The highest BCUT2D eigenvalue weighted by Crippen LogP contribution is 2.31. The molecule has 1 aliphatic rings. The number of aromatic nitrogens is 2. The van der Waals surface area contributed by atoms with E-state index in [9.17, 15) is 15.3 Å². The van der Waals surface area contributed by atoms with Crippen molar-refractivity contribution < 1.29 is 20.4 Å². The van der Waals surface area contributed by atoms with Crippen molar-refractivity contribution in [3.05, 3.63) is 17.7 Å². The number of aliphatic hydroxyl groups excluding tert-OH is 4. The first-order chi connectivity index (χ1) is 7.06. The summed E-state index contributed by atoms with van der Waals surface area (Å²) in [5, 5.41) is 38.0. The number of aliphatic hydroxyl groups is 4. The van der Waals surface area contributed by atoms with Gasteiger partial charge >= 0.3 is 0 Å². The van der Waals surface area contributed by atoms with Crippen molar-refractivity contribution >= 4 is 0 Å². The number of hydrogen-bond acceptors (Lipinski definition) is 5. The summed E-state index contributed by atoms with van der Waals surface area (Å²) in [7, 11) is 0. The van der Waals surface area contributed by atoms with E-state index in [0.29, 0.717) is 5.69 Å². The van der Waals surface area contributed by atoms with Crippen LogP contribution in [-0.4, -0.2) is 48.8 Å². The zero-order chi connectivity index (χ0) is 11.2. The Morgan fingerprint density at radius 1 is 1.33 bits per heavy atom. The molecule has 0 saturated heterocycles. The van der Waals surface area contributed by atoms with E-state index in [0.717, 1.165) is 0 Å². The van der Waals surface area contributed by atoms with E-state index < -0.39 is 24.4 Å². The highest BCUT2D eigenvalue weighted by atomic mass is 16.4. The summed E-state index contributed by atoms with van der Waals surface area (Å²) in [6, 6.07) is -0.653.